The zero-order valence-electron chi connectivity index (χ0n) is 11.3. The molecule has 0 saturated carbocycles. The molecule has 3 rings (SSSR count). The van der Waals surface area contributed by atoms with Crippen LogP contribution >= 0.6 is 11.6 Å². The fraction of sp³-hybridized carbons (Fsp3) is 0.462. The third kappa shape index (κ3) is 2.66. The van der Waals surface area contributed by atoms with Crippen LogP contribution < -0.4 is 11.1 Å². The summed E-state index contributed by atoms with van der Waals surface area (Å²) >= 11 is 6.11. The summed E-state index contributed by atoms with van der Waals surface area (Å²) in [4.78, 5) is 11.4. The molecule has 0 spiro atoms. The Hall–Kier alpha value is -1.15. The third-order valence-electron chi connectivity index (χ3n) is 3.82. The van der Waals surface area contributed by atoms with E-state index in [0.29, 0.717) is 24.3 Å². The Morgan fingerprint density at radius 2 is 2.14 bits per heavy atom. The molecule has 1 amide bonds. The van der Waals surface area contributed by atoms with Crippen LogP contribution in [0.1, 0.15) is 18.4 Å². The van der Waals surface area contributed by atoms with Crippen molar-refractivity contribution in [3.8, 4) is 0 Å². The molecule has 0 unspecified atom stereocenters. The summed E-state index contributed by atoms with van der Waals surface area (Å²) in [6, 6.07) is 2.84. The van der Waals surface area contributed by atoms with Crippen molar-refractivity contribution in [2.75, 3.05) is 18.4 Å². The van der Waals surface area contributed by atoms with Gasteiger partial charge in [0, 0.05) is 24.8 Å². The molecule has 1 fully saturated rings. The van der Waals surface area contributed by atoms with E-state index in [9.17, 15) is 13.2 Å². The van der Waals surface area contributed by atoms with Gasteiger partial charge in [0.1, 0.15) is 4.90 Å². The summed E-state index contributed by atoms with van der Waals surface area (Å²) in [7, 11) is -3.68. The van der Waals surface area contributed by atoms with Gasteiger partial charge < -0.3 is 11.1 Å². The Morgan fingerprint density at radius 3 is 2.86 bits per heavy atom. The van der Waals surface area contributed by atoms with Crippen LogP contribution in [0.2, 0.25) is 5.02 Å². The maximum Gasteiger partial charge on any atom is 0.244 e. The van der Waals surface area contributed by atoms with E-state index in [1.807, 2.05) is 0 Å². The SMILES string of the molecule is N[C@@H]1CCCN(S(=O)(=O)c2cc3c(cc2Cl)NC(=O)C3)C1. The first kappa shape index (κ1) is 14.8. The first-order valence-corrected chi connectivity index (χ1v) is 8.58. The van der Waals surface area contributed by atoms with E-state index in [2.05, 4.69) is 5.32 Å². The second-order valence-electron chi connectivity index (χ2n) is 5.43. The van der Waals surface area contributed by atoms with E-state index in [1.165, 1.54) is 16.4 Å². The summed E-state index contributed by atoms with van der Waals surface area (Å²) in [6.07, 6.45) is 1.74. The van der Waals surface area contributed by atoms with Crippen molar-refractivity contribution < 1.29 is 13.2 Å². The van der Waals surface area contributed by atoms with Gasteiger partial charge in [0.2, 0.25) is 15.9 Å². The van der Waals surface area contributed by atoms with Crippen molar-refractivity contribution in [1.82, 2.24) is 4.31 Å². The van der Waals surface area contributed by atoms with Crippen molar-refractivity contribution in [3.05, 3.63) is 22.7 Å². The highest BCUT2D eigenvalue weighted by molar-refractivity contribution is 7.89. The van der Waals surface area contributed by atoms with E-state index in [-0.39, 0.29) is 28.3 Å². The number of nitrogens with zero attached hydrogens (tertiary/aromatic N) is 1. The molecule has 1 aromatic rings. The fourth-order valence-corrected chi connectivity index (χ4v) is 4.84. The summed E-state index contributed by atoms with van der Waals surface area (Å²) in [5, 5.41) is 2.77. The number of rotatable bonds is 2. The normalized spacial score (nSPS) is 23.0. The van der Waals surface area contributed by atoms with E-state index in [4.69, 9.17) is 17.3 Å². The number of benzene rings is 1. The molecule has 21 heavy (non-hydrogen) atoms. The quantitative estimate of drug-likeness (QED) is 0.844. The Balaban J connectivity index is 2.00. The molecule has 2 aliphatic rings. The number of halogens is 1. The van der Waals surface area contributed by atoms with Gasteiger partial charge in [0.25, 0.3) is 0 Å². The van der Waals surface area contributed by atoms with Gasteiger partial charge >= 0.3 is 0 Å². The van der Waals surface area contributed by atoms with E-state index < -0.39 is 10.0 Å². The van der Waals surface area contributed by atoms with Crippen LogP contribution in [0.15, 0.2) is 17.0 Å². The van der Waals surface area contributed by atoms with Crippen LogP contribution in [-0.2, 0) is 21.2 Å². The maximum atomic E-state index is 12.7. The highest BCUT2D eigenvalue weighted by Crippen LogP contribution is 2.34. The molecule has 2 aliphatic heterocycles. The van der Waals surface area contributed by atoms with Gasteiger partial charge in [-0.1, -0.05) is 11.6 Å². The predicted molar refractivity (Wildman–Crippen MR) is 79.8 cm³/mol. The molecule has 0 radical (unpaired) electrons. The molecule has 0 aromatic heterocycles. The average molecular weight is 330 g/mol. The van der Waals surface area contributed by atoms with Crippen molar-refractivity contribution in [2.24, 2.45) is 5.73 Å². The maximum absolute atomic E-state index is 12.7. The van der Waals surface area contributed by atoms with E-state index in [1.54, 1.807) is 0 Å². The number of piperidine rings is 1. The Morgan fingerprint density at radius 1 is 1.38 bits per heavy atom. The summed E-state index contributed by atoms with van der Waals surface area (Å²) < 4.78 is 26.8. The number of nitrogens with one attached hydrogen (secondary N) is 1. The fourth-order valence-electron chi connectivity index (χ4n) is 2.75. The first-order valence-electron chi connectivity index (χ1n) is 6.76. The lowest BCUT2D eigenvalue weighted by molar-refractivity contribution is -0.115. The number of amides is 1. The molecule has 8 heteroatoms. The van der Waals surface area contributed by atoms with Crippen LogP contribution in [0.4, 0.5) is 5.69 Å². The zero-order chi connectivity index (χ0) is 15.2. The predicted octanol–water partition coefficient (Wildman–Crippen LogP) is 0.946. The van der Waals surface area contributed by atoms with Crippen molar-refractivity contribution >= 4 is 33.2 Å². The number of hydrogen-bond donors (Lipinski definition) is 2. The minimum atomic E-state index is -3.68. The molecule has 1 saturated heterocycles. The highest BCUT2D eigenvalue weighted by atomic mass is 35.5. The first-order chi connectivity index (χ1) is 9.88. The van der Waals surface area contributed by atoms with Crippen molar-refractivity contribution in [1.29, 1.82) is 0 Å². The standard InChI is InChI=1S/C13H16ClN3O3S/c14-10-6-11-8(5-13(18)16-11)4-12(10)21(19,20)17-3-1-2-9(15)7-17/h4,6,9H,1-3,5,7,15H2,(H,16,18)/t9-/m1/s1. The molecule has 0 aliphatic carbocycles. The van der Waals surface area contributed by atoms with Gasteiger partial charge in [0.05, 0.1) is 11.4 Å². The largest absolute Gasteiger partial charge is 0.327 e. The van der Waals surface area contributed by atoms with Crippen molar-refractivity contribution in [2.45, 2.75) is 30.2 Å². The summed E-state index contributed by atoms with van der Waals surface area (Å²) in [6.45, 7) is 0.744. The second-order valence-corrected chi connectivity index (χ2v) is 7.74. The van der Waals surface area contributed by atoms with Gasteiger partial charge in [0.15, 0.2) is 0 Å². The minimum absolute atomic E-state index is 0.0496. The van der Waals surface area contributed by atoms with Gasteiger partial charge in [-0.2, -0.15) is 4.31 Å². The number of fused-ring (bicyclic) bond motifs is 1. The van der Waals surface area contributed by atoms with Gasteiger partial charge in [-0.25, -0.2) is 8.42 Å². The lowest BCUT2D eigenvalue weighted by Crippen LogP contribution is -2.45. The van der Waals surface area contributed by atoms with E-state index >= 15 is 0 Å². The number of carbonyl (C=O) groups excluding carboxylic acids is 1. The van der Waals surface area contributed by atoms with Crippen LogP contribution in [0.3, 0.4) is 0 Å². The lowest BCUT2D eigenvalue weighted by Gasteiger charge is -2.30. The number of carbonyl (C=O) groups is 1. The van der Waals surface area contributed by atoms with Crippen LogP contribution in [0.25, 0.3) is 0 Å². The molecule has 2 heterocycles. The number of sulfonamides is 1. The van der Waals surface area contributed by atoms with Gasteiger partial charge in [-0.15, -0.1) is 0 Å². The van der Waals surface area contributed by atoms with Crippen LogP contribution in [0.5, 0.6) is 0 Å². The number of anilines is 1. The molecule has 0 bridgehead atoms. The number of nitrogens with two attached hydrogens (primary N) is 1. The summed E-state index contributed by atoms with van der Waals surface area (Å²) in [5.41, 5.74) is 7.09. The average Bonchev–Trinajstić information content (AvgIpc) is 2.76. The van der Waals surface area contributed by atoms with Crippen LogP contribution in [-0.4, -0.2) is 37.8 Å². The van der Waals surface area contributed by atoms with Crippen LogP contribution in [0, 0.1) is 0 Å². The molecule has 114 valence electrons. The smallest absolute Gasteiger partial charge is 0.244 e. The third-order valence-corrected chi connectivity index (χ3v) is 6.15. The number of hydrogen-bond acceptors (Lipinski definition) is 4. The lowest BCUT2D eigenvalue weighted by atomic mass is 10.1. The molecule has 1 aromatic carbocycles. The molecular weight excluding hydrogens is 314 g/mol. The van der Waals surface area contributed by atoms with Gasteiger partial charge in [-0.3, -0.25) is 4.79 Å². The monoisotopic (exact) mass is 329 g/mol. The molecule has 6 nitrogen and oxygen atoms in total. The van der Waals surface area contributed by atoms with Gasteiger partial charge in [-0.05, 0) is 30.5 Å². The molecule has 1 atom stereocenters. The summed E-state index contributed by atoms with van der Waals surface area (Å²) in [5.74, 6) is -0.157. The minimum Gasteiger partial charge on any atom is -0.327 e. The topological polar surface area (TPSA) is 92.5 Å². The Kier molecular flexibility index (Phi) is 3.69. The Bertz CT molecular complexity index is 705. The highest BCUT2D eigenvalue weighted by Gasteiger charge is 2.32. The van der Waals surface area contributed by atoms with Crippen molar-refractivity contribution in [3.63, 3.8) is 0 Å². The zero-order valence-corrected chi connectivity index (χ0v) is 12.9. The second kappa shape index (κ2) is 5.24. The van der Waals surface area contributed by atoms with E-state index in [0.717, 1.165) is 12.8 Å². The Labute approximate surface area is 128 Å². The molecular formula is C13H16ClN3O3S. The molecule has 3 N–H and O–H groups in total.